The van der Waals surface area contributed by atoms with Gasteiger partial charge in [-0.3, -0.25) is 4.79 Å². The monoisotopic (exact) mass is 465 g/mol. The van der Waals surface area contributed by atoms with Gasteiger partial charge in [0.1, 0.15) is 0 Å². The number of sulfonamides is 1. The fourth-order valence-electron chi connectivity index (χ4n) is 3.18. The summed E-state index contributed by atoms with van der Waals surface area (Å²) in [7, 11) is -3.31. The zero-order valence-electron chi connectivity index (χ0n) is 15.6. The Kier molecular flexibility index (Phi) is 7.09. The molecule has 0 atom stereocenters. The summed E-state index contributed by atoms with van der Waals surface area (Å²) in [4.78, 5) is 14.3. The summed E-state index contributed by atoms with van der Waals surface area (Å²) in [5.41, 5.74) is 1.67. The second-order valence-electron chi connectivity index (χ2n) is 6.66. The number of hydrogen-bond acceptors (Lipinski definition) is 4. The van der Waals surface area contributed by atoms with Gasteiger partial charge >= 0.3 is 0 Å². The second kappa shape index (κ2) is 9.54. The first-order valence-corrected chi connectivity index (χ1v) is 11.7. The van der Waals surface area contributed by atoms with Gasteiger partial charge in [-0.15, -0.1) is 0 Å². The molecule has 1 saturated heterocycles. The topological polar surface area (TPSA) is 69.7 Å². The molecule has 150 valence electrons. The lowest BCUT2D eigenvalue weighted by molar-refractivity contribution is 0.0953. The number of carbonyl (C=O) groups excluding carboxylic acids is 1. The Morgan fingerprint density at radius 3 is 2.39 bits per heavy atom. The molecule has 0 aromatic heterocycles. The van der Waals surface area contributed by atoms with E-state index in [1.54, 1.807) is 22.5 Å². The summed E-state index contributed by atoms with van der Waals surface area (Å²) in [6.45, 7) is 2.67. The van der Waals surface area contributed by atoms with Crippen molar-refractivity contribution < 1.29 is 13.2 Å². The molecule has 0 bridgehead atoms. The third-order valence-corrected chi connectivity index (χ3v) is 7.15. The maximum Gasteiger partial charge on any atom is 0.251 e. The molecule has 0 spiro atoms. The Balaban J connectivity index is 1.43. The quantitative estimate of drug-likeness (QED) is 0.638. The number of amides is 1. The Morgan fingerprint density at radius 1 is 1.00 bits per heavy atom. The van der Waals surface area contributed by atoms with Crippen LogP contribution in [0.3, 0.4) is 0 Å². The minimum Gasteiger partial charge on any atom is -0.369 e. The van der Waals surface area contributed by atoms with E-state index in [-0.39, 0.29) is 11.7 Å². The first-order chi connectivity index (χ1) is 13.5. The maximum atomic E-state index is 12.6. The van der Waals surface area contributed by atoms with Crippen LogP contribution in [0.4, 0.5) is 5.69 Å². The van der Waals surface area contributed by atoms with Gasteiger partial charge < -0.3 is 10.2 Å². The van der Waals surface area contributed by atoms with E-state index in [9.17, 15) is 13.2 Å². The number of hydrogen-bond donors (Lipinski definition) is 1. The molecule has 0 unspecified atom stereocenters. The molecule has 0 aliphatic carbocycles. The molecule has 1 N–H and O–H groups in total. The minimum atomic E-state index is -3.31. The number of nitrogens with zero attached hydrogens (tertiary/aromatic N) is 2. The summed E-state index contributed by atoms with van der Waals surface area (Å²) in [6, 6.07) is 17.1. The van der Waals surface area contributed by atoms with Gasteiger partial charge in [0.25, 0.3) is 5.91 Å². The standard InChI is InChI=1S/C20H24BrN3O3S/c21-18-7-4-6-17(16-18)20(25)22-10-5-15-28(26,27)24-13-11-23(12-14-24)19-8-2-1-3-9-19/h1-4,6-9,16H,5,10-15H2,(H,22,25). The lowest BCUT2D eigenvalue weighted by Gasteiger charge is -2.35. The van der Waals surface area contributed by atoms with Crippen LogP contribution < -0.4 is 10.2 Å². The van der Waals surface area contributed by atoms with E-state index >= 15 is 0 Å². The van der Waals surface area contributed by atoms with Crippen molar-refractivity contribution >= 4 is 37.5 Å². The van der Waals surface area contributed by atoms with Crippen molar-refractivity contribution in [1.82, 2.24) is 9.62 Å². The fourth-order valence-corrected chi connectivity index (χ4v) is 5.07. The largest absolute Gasteiger partial charge is 0.369 e. The van der Waals surface area contributed by atoms with Crippen molar-refractivity contribution in [2.45, 2.75) is 6.42 Å². The van der Waals surface area contributed by atoms with Crippen molar-refractivity contribution in [3.63, 3.8) is 0 Å². The van der Waals surface area contributed by atoms with Crippen LogP contribution in [0.1, 0.15) is 16.8 Å². The van der Waals surface area contributed by atoms with Crippen LogP contribution >= 0.6 is 15.9 Å². The summed E-state index contributed by atoms with van der Waals surface area (Å²) in [5, 5.41) is 2.78. The molecule has 0 saturated carbocycles. The molecule has 28 heavy (non-hydrogen) atoms. The number of anilines is 1. The van der Waals surface area contributed by atoms with E-state index in [0.29, 0.717) is 44.7 Å². The molecular formula is C20H24BrN3O3S. The third kappa shape index (κ3) is 5.56. The van der Waals surface area contributed by atoms with Gasteiger partial charge in [0.2, 0.25) is 10.0 Å². The summed E-state index contributed by atoms with van der Waals surface area (Å²) < 4.78 is 27.5. The van der Waals surface area contributed by atoms with Crippen molar-refractivity contribution in [2.24, 2.45) is 0 Å². The molecule has 1 aliphatic heterocycles. The van der Waals surface area contributed by atoms with Crippen LogP contribution in [-0.2, 0) is 10.0 Å². The molecule has 1 fully saturated rings. The highest BCUT2D eigenvalue weighted by Crippen LogP contribution is 2.17. The van der Waals surface area contributed by atoms with Crippen LogP contribution in [0.5, 0.6) is 0 Å². The number of rotatable bonds is 7. The van der Waals surface area contributed by atoms with Crippen molar-refractivity contribution in [3.05, 3.63) is 64.6 Å². The molecule has 0 radical (unpaired) electrons. The first-order valence-electron chi connectivity index (χ1n) is 9.27. The van der Waals surface area contributed by atoms with Gasteiger partial charge in [-0.25, -0.2) is 8.42 Å². The van der Waals surface area contributed by atoms with E-state index < -0.39 is 10.0 Å². The highest BCUT2D eigenvalue weighted by atomic mass is 79.9. The van der Waals surface area contributed by atoms with Crippen molar-refractivity contribution in [3.8, 4) is 0 Å². The average Bonchev–Trinajstić information content (AvgIpc) is 2.72. The van der Waals surface area contributed by atoms with E-state index in [0.717, 1.165) is 10.2 Å². The number of carbonyl (C=O) groups is 1. The molecular weight excluding hydrogens is 442 g/mol. The third-order valence-electron chi connectivity index (χ3n) is 4.70. The van der Waals surface area contributed by atoms with Crippen molar-refractivity contribution in [2.75, 3.05) is 43.4 Å². The Hall–Kier alpha value is -1.90. The van der Waals surface area contributed by atoms with Gasteiger partial charge in [0.15, 0.2) is 0 Å². The smallest absolute Gasteiger partial charge is 0.251 e. The SMILES string of the molecule is O=C(NCCCS(=O)(=O)N1CCN(c2ccccc2)CC1)c1cccc(Br)c1. The maximum absolute atomic E-state index is 12.6. The summed E-state index contributed by atoms with van der Waals surface area (Å²) in [6.07, 6.45) is 0.390. The summed E-state index contributed by atoms with van der Waals surface area (Å²) >= 11 is 3.33. The Morgan fingerprint density at radius 2 is 1.71 bits per heavy atom. The molecule has 2 aromatic rings. The molecule has 1 heterocycles. The van der Waals surface area contributed by atoms with Crippen LogP contribution in [0, 0.1) is 0 Å². The average molecular weight is 466 g/mol. The highest BCUT2D eigenvalue weighted by Gasteiger charge is 2.26. The van der Waals surface area contributed by atoms with Crippen molar-refractivity contribution in [1.29, 1.82) is 0 Å². The Bertz CT molecular complexity index is 898. The lowest BCUT2D eigenvalue weighted by Crippen LogP contribution is -2.49. The Labute approximate surface area is 174 Å². The van der Waals surface area contributed by atoms with Gasteiger partial charge in [-0.2, -0.15) is 4.31 Å². The van der Waals surface area contributed by atoms with Gasteiger partial charge in [-0.1, -0.05) is 40.2 Å². The number of halogens is 1. The number of para-hydroxylation sites is 1. The molecule has 2 aromatic carbocycles. The number of piperazine rings is 1. The van der Waals surface area contributed by atoms with Gasteiger partial charge in [-0.05, 0) is 36.8 Å². The predicted molar refractivity (Wildman–Crippen MR) is 115 cm³/mol. The number of nitrogens with one attached hydrogen (secondary N) is 1. The highest BCUT2D eigenvalue weighted by molar-refractivity contribution is 9.10. The van der Waals surface area contributed by atoms with Crippen LogP contribution in [0.15, 0.2) is 59.1 Å². The molecule has 1 aliphatic rings. The molecule has 6 nitrogen and oxygen atoms in total. The number of benzene rings is 2. The van der Waals surface area contributed by atoms with Crippen LogP contribution in [0.25, 0.3) is 0 Å². The van der Waals surface area contributed by atoms with Gasteiger partial charge in [0.05, 0.1) is 5.75 Å². The molecule has 3 rings (SSSR count). The van der Waals surface area contributed by atoms with E-state index in [1.165, 1.54) is 0 Å². The second-order valence-corrected chi connectivity index (χ2v) is 9.66. The first kappa shape index (κ1) is 20.8. The van der Waals surface area contributed by atoms with Crippen LogP contribution in [-0.4, -0.2) is 57.1 Å². The van der Waals surface area contributed by atoms with E-state index in [1.807, 2.05) is 36.4 Å². The predicted octanol–water partition coefficient (Wildman–Crippen LogP) is 2.72. The van der Waals surface area contributed by atoms with E-state index in [2.05, 4.69) is 26.1 Å². The summed E-state index contributed by atoms with van der Waals surface area (Å²) in [5.74, 6) is -0.160. The van der Waals surface area contributed by atoms with Gasteiger partial charge in [0, 0.05) is 48.4 Å². The van der Waals surface area contributed by atoms with E-state index in [4.69, 9.17) is 0 Å². The normalized spacial score (nSPS) is 15.4. The molecule has 1 amide bonds. The minimum absolute atomic E-state index is 0.0388. The van der Waals surface area contributed by atoms with Crippen LogP contribution in [0.2, 0.25) is 0 Å². The lowest BCUT2D eigenvalue weighted by atomic mass is 10.2. The zero-order valence-corrected chi connectivity index (χ0v) is 18.0. The fraction of sp³-hybridized carbons (Fsp3) is 0.350. The zero-order chi connectivity index (χ0) is 20.0. The molecule has 8 heteroatoms.